The molecule has 0 aliphatic rings. The van der Waals surface area contributed by atoms with Gasteiger partial charge in [0.15, 0.2) is 0 Å². The van der Waals surface area contributed by atoms with Crippen LogP contribution in [0.4, 0.5) is 0 Å². The van der Waals surface area contributed by atoms with Gasteiger partial charge in [0.05, 0.1) is 0 Å². The van der Waals surface area contributed by atoms with Gasteiger partial charge in [-0.05, 0) is 23.8 Å². The highest BCUT2D eigenvalue weighted by molar-refractivity contribution is 6.35. The molecule has 128 valence electrons. The molecule has 1 N–H and O–H groups in total. The van der Waals surface area contributed by atoms with Crippen LogP contribution in [-0.4, -0.2) is 0 Å². The van der Waals surface area contributed by atoms with E-state index in [1.165, 1.54) is 5.56 Å². The van der Waals surface area contributed by atoms with Crippen LogP contribution in [0.25, 0.3) is 0 Å². The predicted octanol–water partition coefficient (Wildman–Crippen LogP) is 5.86. The number of hydrogen-bond acceptors (Lipinski definition) is 2. The Hall–Kier alpha value is -2.00. The second kappa shape index (κ2) is 8.91. The van der Waals surface area contributed by atoms with E-state index in [9.17, 15) is 0 Å². The quantitative estimate of drug-likeness (QED) is 0.561. The van der Waals surface area contributed by atoms with Crippen molar-refractivity contribution >= 4 is 23.2 Å². The molecular formula is C21H19Cl2NO. The van der Waals surface area contributed by atoms with Gasteiger partial charge in [-0.3, -0.25) is 0 Å². The van der Waals surface area contributed by atoms with E-state index < -0.39 is 0 Å². The third-order valence-electron chi connectivity index (χ3n) is 3.86. The van der Waals surface area contributed by atoms with E-state index in [-0.39, 0.29) is 0 Å². The molecule has 3 aromatic rings. The van der Waals surface area contributed by atoms with E-state index in [1.807, 2.05) is 48.5 Å². The van der Waals surface area contributed by atoms with E-state index >= 15 is 0 Å². The first-order valence-electron chi connectivity index (χ1n) is 8.11. The number of ether oxygens (including phenoxy) is 1. The smallest absolute Gasteiger partial charge is 0.124 e. The molecule has 0 aromatic heterocycles. The minimum absolute atomic E-state index is 0.408. The van der Waals surface area contributed by atoms with Gasteiger partial charge in [0.25, 0.3) is 0 Å². The lowest BCUT2D eigenvalue weighted by atomic mass is 10.2. The van der Waals surface area contributed by atoms with Crippen molar-refractivity contribution in [3.05, 3.63) is 99.5 Å². The fraction of sp³-hybridized carbons (Fsp3) is 0.143. The molecule has 0 unspecified atom stereocenters. The van der Waals surface area contributed by atoms with Gasteiger partial charge in [-0.2, -0.15) is 0 Å². The van der Waals surface area contributed by atoms with Crippen LogP contribution < -0.4 is 10.1 Å². The van der Waals surface area contributed by atoms with E-state index in [0.717, 1.165) is 30.0 Å². The molecule has 0 radical (unpaired) electrons. The molecule has 0 heterocycles. The highest BCUT2D eigenvalue weighted by Gasteiger charge is 2.06. The number of para-hydroxylation sites is 1. The molecular weight excluding hydrogens is 353 g/mol. The Morgan fingerprint density at radius 3 is 2.32 bits per heavy atom. The third kappa shape index (κ3) is 5.23. The molecule has 0 atom stereocenters. The maximum Gasteiger partial charge on any atom is 0.124 e. The van der Waals surface area contributed by atoms with Crippen LogP contribution in [0.3, 0.4) is 0 Å². The SMILES string of the molecule is Clc1ccc(COc2ccccc2CNCc2ccccc2)c(Cl)c1. The summed E-state index contributed by atoms with van der Waals surface area (Å²) >= 11 is 12.1. The van der Waals surface area contributed by atoms with Crippen LogP contribution in [0.1, 0.15) is 16.7 Å². The van der Waals surface area contributed by atoms with Crippen LogP contribution in [-0.2, 0) is 19.7 Å². The summed E-state index contributed by atoms with van der Waals surface area (Å²) in [7, 11) is 0. The Kier molecular flexibility index (Phi) is 6.35. The summed E-state index contributed by atoms with van der Waals surface area (Å²) in [4.78, 5) is 0. The molecule has 0 aliphatic heterocycles. The molecule has 0 saturated carbocycles. The molecule has 3 aromatic carbocycles. The zero-order valence-electron chi connectivity index (χ0n) is 13.7. The Morgan fingerprint density at radius 1 is 0.760 bits per heavy atom. The van der Waals surface area contributed by atoms with Gasteiger partial charge in [0, 0.05) is 34.3 Å². The minimum atomic E-state index is 0.408. The highest BCUT2D eigenvalue weighted by atomic mass is 35.5. The summed E-state index contributed by atoms with van der Waals surface area (Å²) in [6.45, 7) is 1.96. The van der Waals surface area contributed by atoms with Gasteiger partial charge in [0.2, 0.25) is 0 Å². The Balaban J connectivity index is 1.60. The second-order valence-electron chi connectivity index (χ2n) is 5.72. The summed E-state index contributed by atoms with van der Waals surface area (Å²) in [6, 6.07) is 23.8. The average Bonchev–Trinajstić information content (AvgIpc) is 2.63. The van der Waals surface area contributed by atoms with Crippen molar-refractivity contribution in [1.29, 1.82) is 0 Å². The van der Waals surface area contributed by atoms with Crippen LogP contribution in [0, 0.1) is 0 Å². The zero-order chi connectivity index (χ0) is 17.5. The lowest BCUT2D eigenvalue weighted by Gasteiger charge is -2.13. The monoisotopic (exact) mass is 371 g/mol. The molecule has 0 aliphatic carbocycles. The van der Waals surface area contributed by atoms with Crippen LogP contribution >= 0.6 is 23.2 Å². The van der Waals surface area contributed by atoms with Crippen molar-refractivity contribution in [2.75, 3.05) is 0 Å². The molecule has 3 rings (SSSR count). The summed E-state index contributed by atoms with van der Waals surface area (Å²) in [6.07, 6.45) is 0. The Morgan fingerprint density at radius 2 is 1.52 bits per heavy atom. The van der Waals surface area contributed by atoms with Crippen molar-refractivity contribution in [3.8, 4) is 5.75 Å². The predicted molar refractivity (Wildman–Crippen MR) is 104 cm³/mol. The topological polar surface area (TPSA) is 21.3 Å². The first-order chi connectivity index (χ1) is 12.2. The molecule has 4 heteroatoms. The van der Waals surface area contributed by atoms with Gasteiger partial charge < -0.3 is 10.1 Å². The van der Waals surface area contributed by atoms with Crippen molar-refractivity contribution in [1.82, 2.24) is 5.32 Å². The van der Waals surface area contributed by atoms with Crippen molar-refractivity contribution < 1.29 is 4.74 Å². The summed E-state index contributed by atoms with van der Waals surface area (Å²) in [5.74, 6) is 0.856. The maximum absolute atomic E-state index is 6.21. The van der Waals surface area contributed by atoms with Gasteiger partial charge in [-0.15, -0.1) is 0 Å². The number of nitrogens with one attached hydrogen (secondary N) is 1. The largest absolute Gasteiger partial charge is 0.489 e. The fourth-order valence-electron chi connectivity index (χ4n) is 2.52. The first kappa shape index (κ1) is 17.8. The average molecular weight is 372 g/mol. The van der Waals surface area contributed by atoms with Gasteiger partial charge in [0.1, 0.15) is 12.4 Å². The summed E-state index contributed by atoms with van der Waals surface area (Å²) < 4.78 is 5.98. The minimum Gasteiger partial charge on any atom is -0.489 e. The molecule has 0 bridgehead atoms. The van der Waals surface area contributed by atoms with Crippen LogP contribution in [0.15, 0.2) is 72.8 Å². The van der Waals surface area contributed by atoms with Crippen LogP contribution in [0.5, 0.6) is 5.75 Å². The molecule has 0 spiro atoms. The van der Waals surface area contributed by atoms with Gasteiger partial charge in [-0.25, -0.2) is 0 Å². The van der Waals surface area contributed by atoms with Gasteiger partial charge >= 0.3 is 0 Å². The van der Waals surface area contributed by atoms with E-state index in [1.54, 1.807) is 6.07 Å². The number of rotatable bonds is 7. The van der Waals surface area contributed by atoms with Crippen molar-refractivity contribution in [3.63, 3.8) is 0 Å². The third-order valence-corrected chi connectivity index (χ3v) is 4.45. The highest BCUT2D eigenvalue weighted by Crippen LogP contribution is 2.24. The standard InChI is InChI=1S/C21H19Cl2NO/c22-19-11-10-18(20(23)12-19)15-25-21-9-5-4-8-17(21)14-24-13-16-6-2-1-3-7-16/h1-12,24H,13-15H2. The van der Waals surface area contributed by atoms with Crippen LogP contribution in [0.2, 0.25) is 10.0 Å². The molecule has 0 amide bonds. The van der Waals surface area contributed by atoms with Crippen molar-refractivity contribution in [2.45, 2.75) is 19.7 Å². The van der Waals surface area contributed by atoms with Gasteiger partial charge in [-0.1, -0.05) is 77.8 Å². The fourth-order valence-corrected chi connectivity index (χ4v) is 2.99. The molecule has 0 saturated heterocycles. The molecule has 25 heavy (non-hydrogen) atoms. The molecule has 0 fully saturated rings. The Labute approximate surface area is 158 Å². The first-order valence-corrected chi connectivity index (χ1v) is 8.87. The lowest BCUT2D eigenvalue weighted by Crippen LogP contribution is -2.13. The second-order valence-corrected chi connectivity index (χ2v) is 6.56. The zero-order valence-corrected chi connectivity index (χ0v) is 15.2. The maximum atomic E-state index is 6.21. The number of hydrogen-bond donors (Lipinski definition) is 1. The van der Waals surface area contributed by atoms with E-state index in [2.05, 4.69) is 23.5 Å². The van der Waals surface area contributed by atoms with Crippen molar-refractivity contribution in [2.24, 2.45) is 0 Å². The van der Waals surface area contributed by atoms with E-state index in [0.29, 0.717) is 16.7 Å². The van der Waals surface area contributed by atoms with E-state index in [4.69, 9.17) is 27.9 Å². The summed E-state index contributed by atoms with van der Waals surface area (Å²) in [5, 5.41) is 4.69. The molecule has 2 nitrogen and oxygen atoms in total. The normalized spacial score (nSPS) is 10.6. The number of benzene rings is 3. The summed E-state index contributed by atoms with van der Waals surface area (Å²) in [5.41, 5.74) is 3.29. The Bertz CT molecular complexity index is 821. The lowest BCUT2D eigenvalue weighted by molar-refractivity contribution is 0.302. The number of halogens is 2.